The highest BCUT2D eigenvalue weighted by molar-refractivity contribution is 7.99. The lowest BCUT2D eigenvalue weighted by atomic mass is 9.93. The zero-order chi connectivity index (χ0) is 15.1. The number of carbonyl (C=O) groups is 1. The maximum Gasteiger partial charge on any atom is 0.237 e. The van der Waals surface area contributed by atoms with Gasteiger partial charge in [-0.2, -0.15) is 17.0 Å². The summed E-state index contributed by atoms with van der Waals surface area (Å²) < 4.78 is 0. The Labute approximate surface area is 131 Å². The Morgan fingerprint density at radius 3 is 2.57 bits per heavy atom. The van der Waals surface area contributed by atoms with E-state index in [-0.39, 0.29) is 11.9 Å². The number of rotatable bonds is 5. The lowest BCUT2D eigenvalue weighted by Gasteiger charge is -2.28. The van der Waals surface area contributed by atoms with E-state index in [9.17, 15) is 10.1 Å². The summed E-state index contributed by atoms with van der Waals surface area (Å²) in [5.41, 5.74) is 1.03. The first-order chi connectivity index (χ1) is 10.2. The van der Waals surface area contributed by atoms with Gasteiger partial charge >= 0.3 is 0 Å². The molecule has 21 heavy (non-hydrogen) atoms. The smallest absolute Gasteiger partial charge is 0.237 e. The summed E-state index contributed by atoms with van der Waals surface area (Å²) in [7, 11) is 0. The molecule has 2 rings (SSSR count). The minimum absolute atomic E-state index is 0.117. The zero-order valence-corrected chi connectivity index (χ0v) is 13.2. The van der Waals surface area contributed by atoms with E-state index in [1.165, 1.54) is 0 Å². The van der Waals surface area contributed by atoms with Crippen molar-refractivity contribution in [2.45, 2.75) is 43.4 Å². The summed E-state index contributed by atoms with van der Waals surface area (Å²) in [6, 6.07) is 12.1. The third kappa shape index (κ3) is 4.78. The van der Waals surface area contributed by atoms with Crippen LogP contribution in [0.2, 0.25) is 0 Å². The molecule has 1 aliphatic carbocycles. The van der Waals surface area contributed by atoms with E-state index in [4.69, 9.17) is 0 Å². The highest BCUT2D eigenvalue weighted by Gasteiger charge is 2.25. The number of benzene rings is 1. The van der Waals surface area contributed by atoms with Crippen molar-refractivity contribution in [3.8, 4) is 6.07 Å². The molecule has 3 nitrogen and oxygen atoms in total. The summed E-state index contributed by atoms with van der Waals surface area (Å²) in [6.07, 6.45) is 7.00. The molecule has 0 heterocycles. The molecule has 0 aliphatic heterocycles. The van der Waals surface area contributed by atoms with Gasteiger partial charge in [-0.05, 0) is 43.9 Å². The van der Waals surface area contributed by atoms with Gasteiger partial charge in [0.05, 0.1) is 6.07 Å². The molecule has 1 aromatic rings. The number of nitrogens with one attached hydrogen (secondary N) is 1. The number of hydrogen-bond donors (Lipinski definition) is 1. The van der Waals surface area contributed by atoms with Crippen LogP contribution in [-0.4, -0.2) is 23.5 Å². The Kier molecular flexibility index (Phi) is 6.13. The van der Waals surface area contributed by atoms with Crippen LogP contribution < -0.4 is 5.32 Å². The van der Waals surface area contributed by atoms with Crippen LogP contribution in [0, 0.1) is 17.2 Å². The van der Waals surface area contributed by atoms with Crippen molar-refractivity contribution >= 4 is 17.7 Å². The number of thioether (sulfide) groups is 1. The van der Waals surface area contributed by atoms with Crippen molar-refractivity contribution in [3.05, 3.63) is 35.9 Å². The molecule has 112 valence electrons. The fraction of sp³-hybridized carbons (Fsp3) is 0.529. The molecule has 0 aromatic heterocycles. The van der Waals surface area contributed by atoms with Crippen molar-refractivity contribution in [2.24, 2.45) is 5.92 Å². The first-order valence-corrected chi connectivity index (χ1v) is 8.78. The van der Waals surface area contributed by atoms with Crippen LogP contribution in [0.3, 0.4) is 0 Å². The number of nitrogens with zero attached hydrogens (tertiary/aromatic N) is 1. The second kappa shape index (κ2) is 8.09. The predicted octanol–water partition coefficient (Wildman–Crippen LogP) is 3.16. The van der Waals surface area contributed by atoms with Gasteiger partial charge in [0.1, 0.15) is 5.92 Å². The number of nitriles is 1. The Bertz CT molecular complexity index is 489. The summed E-state index contributed by atoms with van der Waals surface area (Å²) in [5.74, 6) is -0.709. The first-order valence-electron chi connectivity index (χ1n) is 7.49. The molecular formula is C17H22N2OS. The molecule has 1 N–H and O–H groups in total. The number of hydrogen-bond acceptors (Lipinski definition) is 3. The molecule has 1 aliphatic rings. The summed E-state index contributed by atoms with van der Waals surface area (Å²) in [4.78, 5) is 12.3. The molecule has 1 aromatic carbocycles. The van der Waals surface area contributed by atoms with Gasteiger partial charge < -0.3 is 5.32 Å². The minimum Gasteiger partial charge on any atom is -0.352 e. The summed E-state index contributed by atoms with van der Waals surface area (Å²) in [5, 5.41) is 13.0. The molecule has 0 spiro atoms. The second-order valence-electron chi connectivity index (χ2n) is 5.59. The van der Waals surface area contributed by atoms with E-state index in [0.29, 0.717) is 6.42 Å². The molecule has 1 fully saturated rings. The van der Waals surface area contributed by atoms with E-state index in [1.807, 2.05) is 42.1 Å². The normalized spacial score (nSPS) is 23.0. The Morgan fingerprint density at radius 1 is 1.33 bits per heavy atom. The summed E-state index contributed by atoms with van der Waals surface area (Å²) >= 11 is 1.91. The van der Waals surface area contributed by atoms with E-state index in [0.717, 1.165) is 36.5 Å². The average molecular weight is 302 g/mol. The van der Waals surface area contributed by atoms with Gasteiger partial charge in [0.25, 0.3) is 0 Å². The Balaban J connectivity index is 1.85. The van der Waals surface area contributed by atoms with Gasteiger partial charge in [0, 0.05) is 11.3 Å². The van der Waals surface area contributed by atoms with Crippen LogP contribution in [0.15, 0.2) is 30.3 Å². The van der Waals surface area contributed by atoms with E-state index < -0.39 is 5.92 Å². The monoisotopic (exact) mass is 302 g/mol. The minimum atomic E-state index is -0.592. The fourth-order valence-corrected chi connectivity index (χ4v) is 3.53. The molecule has 1 unspecified atom stereocenters. The van der Waals surface area contributed by atoms with Gasteiger partial charge in [0.2, 0.25) is 5.91 Å². The lowest BCUT2D eigenvalue weighted by Crippen LogP contribution is -2.41. The van der Waals surface area contributed by atoms with Crippen molar-refractivity contribution in [3.63, 3.8) is 0 Å². The van der Waals surface area contributed by atoms with E-state index >= 15 is 0 Å². The van der Waals surface area contributed by atoms with Crippen LogP contribution in [0.1, 0.15) is 31.2 Å². The largest absolute Gasteiger partial charge is 0.352 e. The molecule has 4 heteroatoms. The molecule has 0 bridgehead atoms. The SMILES string of the molecule is CSC1CCC(NC(=O)C(C#N)Cc2ccccc2)CC1. The van der Waals surface area contributed by atoms with Crippen molar-refractivity contribution in [1.29, 1.82) is 5.26 Å². The molecule has 0 radical (unpaired) electrons. The van der Waals surface area contributed by atoms with Crippen molar-refractivity contribution in [1.82, 2.24) is 5.32 Å². The van der Waals surface area contributed by atoms with Crippen LogP contribution in [-0.2, 0) is 11.2 Å². The lowest BCUT2D eigenvalue weighted by molar-refractivity contribution is -0.124. The number of carbonyl (C=O) groups excluding carboxylic acids is 1. The van der Waals surface area contributed by atoms with Crippen LogP contribution in [0.25, 0.3) is 0 Å². The van der Waals surface area contributed by atoms with Crippen LogP contribution in [0.4, 0.5) is 0 Å². The molecule has 1 atom stereocenters. The van der Waals surface area contributed by atoms with Crippen molar-refractivity contribution in [2.75, 3.05) is 6.26 Å². The third-order valence-corrected chi connectivity index (χ3v) is 5.25. The standard InChI is InChI=1S/C17H22N2OS/c1-21-16-9-7-15(8-10-16)19-17(20)14(12-18)11-13-5-3-2-4-6-13/h2-6,14-16H,7-11H2,1H3,(H,19,20). The summed E-state index contributed by atoms with van der Waals surface area (Å²) in [6.45, 7) is 0. The fourth-order valence-electron chi connectivity index (χ4n) is 2.79. The van der Waals surface area contributed by atoms with E-state index in [1.54, 1.807) is 0 Å². The van der Waals surface area contributed by atoms with Gasteiger partial charge in [0.15, 0.2) is 0 Å². The van der Waals surface area contributed by atoms with Gasteiger partial charge in [-0.25, -0.2) is 0 Å². The topological polar surface area (TPSA) is 52.9 Å². The Morgan fingerprint density at radius 2 is 2.00 bits per heavy atom. The second-order valence-corrected chi connectivity index (χ2v) is 6.73. The molecule has 0 saturated heterocycles. The Hall–Kier alpha value is -1.47. The molecule has 1 amide bonds. The predicted molar refractivity (Wildman–Crippen MR) is 87.0 cm³/mol. The maximum atomic E-state index is 12.3. The zero-order valence-electron chi connectivity index (χ0n) is 12.4. The first kappa shape index (κ1) is 15.9. The van der Waals surface area contributed by atoms with Crippen LogP contribution in [0.5, 0.6) is 0 Å². The van der Waals surface area contributed by atoms with Gasteiger partial charge in [-0.1, -0.05) is 30.3 Å². The highest BCUT2D eigenvalue weighted by Crippen LogP contribution is 2.27. The highest BCUT2D eigenvalue weighted by atomic mass is 32.2. The van der Waals surface area contributed by atoms with Gasteiger partial charge in [-0.15, -0.1) is 0 Å². The van der Waals surface area contributed by atoms with E-state index in [2.05, 4.69) is 17.6 Å². The third-order valence-electron chi connectivity index (χ3n) is 4.11. The number of amides is 1. The van der Waals surface area contributed by atoms with Crippen molar-refractivity contribution < 1.29 is 4.79 Å². The quantitative estimate of drug-likeness (QED) is 0.909. The molecule has 1 saturated carbocycles. The maximum absolute atomic E-state index is 12.3. The van der Waals surface area contributed by atoms with Crippen LogP contribution >= 0.6 is 11.8 Å². The molecular weight excluding hydrogens is 280 g/mol. The average Bonchev–Trinajstić information content (AvgIpc) is 2.54. The van der Waals surface area contributed by atoms with Gasteiger partial charge in [-0.3, -0.25) is 4.79 Å².